The van der Waals surface area contributed by atoms with Gasteiger partial charge < -0.3 is 10.4 Å². The minimum absolute atomic E-state index is 0.255. The highest BCUT2D eigenvalue weighted by molar-refractivity contribution is 5.98. The Balaban J connectivity index is 2.84. The van der Waals surface area contributed by atoms with Gasteiger partial charge in [0.1, 0.15) is 6.54 Å². The second kappa shape index (κ2) is 6.86. The van der Waals surface area contributed by atoms with Crippen molar-refractivity contribution in [1.82, 2.24) is 5.32 Å². The van der Waals surface area contributed by atoms with E-state index in [9.17, 15) is 9.59 Å². The maximum atomic E-state index is 11.7. The molecule has 0 saturated carbocycles. The fraction of sp³-hybridized carbons (Fsp3) is 0.154. The molecule has 1 aromatic carbocycles. The number of nitrogens with one attached hydrogen (secondary N) is 1. The van der Waals surface area contributed by atoms with Crippen LogP contribution in [-0.4, -0.2) is 23.5 Å². The number of nitrogens with zero attached hydrogens (tertiary/aromatic N) is 1. The standard InChI is InChI=1S/C13H12N2O3/c14-8-4-3-6-10-5-1-2-7-11(10)13(18)15-9-12(16)17/h1-3,5-7H,4,9H2,(H,15,18)(H,16,17). The lowest BCUT2D eigenvalue weighted by Crippen LogP contribution is -2.29. The van der Waals surface area contributed by atoms with Crippen LogP contribution in [0.2, 0.25) is 0 Å². The molecule has 0 unspecified atom stereocenters. The fourth-order valence-electron chi connectivity index (χ4n) is 1.34. The Morgan fingerprint density at radius 2 is 2.11 bits per heavy atom. The molecule has 0 bridgehead atoms. The van der Waals surface area contributed by atoms with E-state index in [0.717, 1.165) is 0 Å². The minimum atomic E-state index is -1.10. The minimum Gasteiger partial charge on any atom is -0.480 e. The Morgan fingerprint density at radius 3 is 2.78 bits per heavy atom. The van der Waals surface area contributed by atoms with Crippen LogP contribution in [-0.2, 0) is 4.79 Å². The average Bonchev–Trinajstić information content (AvgIpc) is 2.37. The van der Waals surface area contributed by atoms with Gasteiger partial charge in [0.25, 0.3) is 5.91 Å². The molecule has 92 valence electrons. The van der Waals surface area contributed by atoms with E-state index < -0.39 is 18.4 Å². The highest BCUT2D eigenvalue weighted by Gasteiger charge is 2.09. The number of hydrogen-bond donors (Lipinski definition) is 2. The molecule has 1 amide bonds. The van der Waals surface area contributed by atoms with Crippen molar-refractivity contribution in [2.45, 2.75) is 6.42 Å². The lowest BCUT2D eigenvalue weighted by molar-refractivity contribution is -0.135. The third kappa shape index (κ3) is 4.10. The molecule has 0 aliphatic rings. The van der Waals surface area contributed by atoms with Gasteiger partial charge in [-0.25, -0.2) is 0 Å². The number of carbonyl (C=O) groups excluding carboxylic acids is 1. The highest BCUT2D eigenvalue weighted by atomic mass is 16.4. The summed E-state index contributed by atoms with van der Waals surface area (Å²) in [4.78, 5) is 22.1. The Bertz CT molecular complexity index is 515. The summed E-state index contributed by atoms with van der Waals surface area (Å²) in [6, 6.07) is 8.74. The van der Waals surface area contributed by atoms with Gasteiger partial charge in [0.2, 0.25) is 0 Å². The first kappa shape index (κ1) is 13.5. The summed E-state index contributed by atoms with van der Waals surface area (Å²) in [5.74, 6) is -1.55. The van der Waals surface area contributed by atoms with Crippen molar-refractivity contribution in [3.8, 4) is 6.07 Å². The number of hydrogen-bond acceptors (Lipinski definition) is 3. The van der Waals surface area contributed by atoms with E-state index in [4.69, 9.17) is 10.4 Å². The Morgan fingerprint density at radius 1 is 1.39 bits per heavy atom. The third-order valence-corrected chi connectivity index (χ3v) is 2.11. The molecule has 18 heavy (non-hydrogen) atoms. The Labute approximate surface area is 104 Å². The molecular formula is C13H12N2O3. The summed E-state index contributed by atoms with van der Waals surface area (Å²) in [6.07, 6.45) is 3.56. The number of nitriles is 1. The SMILES string of the molecule is N#CCC=Cc1ccccc1C(=O)NCC(=O)O. The second-order valence-electron chi connectivity index (χ2n) is 3.43. The smallest absolute Gasteiger partial charge is 0.322 e. The van der Waals surface area contributed by atoms with Crippen molar-refractivity contribution >= 4 is 18.0 Å². The van der Waals surface area contributed by atoms with Crippen LogP contribution in [0.1, 0.15) is 22.3 Å². The van der Waals surface area contributed by atoms with Crippen LogP contribution in [0.4, 0.5) is 0 Å². The molecule has 1 rings (SSSR count). The van der Waals surface area contributed by atoms with E-state index in [2.05, 4.69) is 5.32 Å². The van der Waals surface area contributed by atoms with E-state index in [1.54, 1.807) is 36.4 Å². The lowest BCUT2D eigenvalue weighted by atomic mass is 10.1. The quantitative estimate of drug-likeness (QED) is 0.819. The molecule has 0 atom stereocenters. The van der Waals surface area contributed by atoms with Gasteiger partial charge in [-0.15, -0.1) is 0 Å². The molecular weight excluding hydrogens is 232 g/mol. The van der Waals surface area contributed by atoms with E-state index in [0.29, 0.717) is 11.1 Å². The lowest BCUT2D eigenvalue weighted by Gasteiger charge is -2.05. The number of allylic oxidation sites excluding steroid dienone is 1. The van der Waals surface area contributed by atoms with Gasteiger partial charge in [-0.2, -0.15) is 5.26 Å². The topological polar surface area (TPSA) is 90.2 Å². The summed E-state index contributed by atoms with van der Waals surface area (Å²) in [6.45, 7) is -0.422. The van der Waals surface area contributed by atoms with Gasteiger partial charge in [-0.05, 0) is 11.6 Å². The van der Waals surface area contributed by atoms with Gasteiger partial charge >= 0.3 is 5.97 Å². The van der Waals surface area contributed by atoms with Crippen molar-refractivity contribution in [3.63, 3.8) is 0 Å². The van der Waals surface area contributed by atoms with Crippen molar-refractivity contribution in [2.24, 2.45) is 0 Å². The molecule has 0 saturated heterocycles. The summed E-state index contributed by atoms with van der Waals surface area (Å²) in [5, 5.41) is 19.2. The van der Waals surface area contributed by atoms with Crippen molar-refractivity contribution < 1.29 is 14.7 Å². The molecule has 0 aliphatic carbocycles. The number of carboxylic acids is 1. The van der Waals surface area contributed by atoms with Crippen LogP contribution in [0, 0.1) is 11.3 Å². The number of carboxylic acid groups (broad SMARTS) is 1. The van der Waals surface area contributed by atoms with Gasteiger partial charge in [-0.1, -0.05) is 30.4 Å². The van der Waals surface area contributed by atoms with E-state index >= 15 is 0 Å². The predicted molar refractivity (Wildman–Crippen MR) is 65.7 cm³/mol. The van der Waals surface area contributed by atoms with E-state index in [1.165, 1.54) is 0 Å². The van der Waals surface area contributed by atoms with Crippen LogP contribution >= 0.6 is 0 Å². The van der Waals surface area contributed by atoms with Crippen LogP contribution < -0.4 is 5.32 Å². The maximum Gasteiger partial charge on any atom is 0.322 e. The van der Waals surface area contributed by atoms with Crippen LogP contribution in [0.15, 0.2) is 30.3 Å². The molecule has 0 radical (unpaired) electrons. The fourth-order valence-corrected chi connectivity index (χ4v) is 1.34. The zero-order valence-electron chi connectivity index (χ0n) is 9.59. The third-order valence-electron chi connectivity index (χ3n) is 2.11. The predicted octanol–water partition coefficient (Wildman–Crippen LogP) is 1.43. The molecule has 1 aromatic rings. The van der Waals surface area contributed by atoms with Crippen LogP contribution in [0.25, 0.3) is 6.08 Å². The van der Waals surface area contributed by atoms with Crippen molar-refractivity contribution in [3.05, 3.63) is 41.5 Å². The highest BCUT2D eigenvalue weighted by Crippen LogP contribution is 2.11. The van der Waals surface area contributed by atoms with Gasteiger partial charge in [0.15, 0.2) is 0 Å². The van der Waals surface area contributed by atoms with Crippen molar-refractivity contribution in [1.29, 1.82) is 5.26 Å². The summed E-state index contributed by atoms with van der Waals surface area (Å²) < 4.78 is 0. The first-order valence-electron chi connectivity index (χ1n) is 5.27. The monoisotopic (exact) mass is 244 g/mol. The Hall–Kier alpha value is -2.61. The molecule has 0 fully saturated rings. The number of benzene rings is 1. The van der Waals surface area contributed by atoms with E-state index in [-0.39, 0.29) is 6.42 Å². The molecule has 0 heterocycles. The van der Waals surface area contributed by atoms with Gasteiger partial charge in [0.05, 0.1) is 12.5 Å². The summed E-state index contributed by atoms with van der Waals surface area (Å²) in [7, 11) is 0. The zero-order valence-corrected chi connectivity index (χ0v) is 9.59. The van der Waals surface area contributed by atoms with Crippen LogP contribution in [0.5, 0.6) is 0 Å². The first-order chi connectivity index (χ1) is 8.65. The number of rotatable bonds is 5. The van der Waals surface area contributed by atoms with Gasteiger partial charge in [-0.3, -0.25) is 9.59 Å². The summed E-state index contributed by atoms with van der Waals surface area (Å²) >= 11 is 0. The number of aliphatic carboxylic acids is 1. The molecule has 2 N–H and O–H groups in total. The maximum absolute atomic E-state index is 11.7. The van der Waals surface area contributed by atoms with Crippen LogP contribution in [0.3, 0.4) is 0 Å². The first-order valence-corrected chi connectivity index (χ1v) is 5.27. The Kier molecular flexibility index (Phi) is 5.13. The van der Waals surface area contributed by atoms with E-state index in [1.807, 2.05) is 6.07 Å². The molecule has 0 aromatic heterocycles. The van der Waals surface area contributed by atoms with Crippen molar-refractivity contribution in [2.75, 3.05) is 6.54 Å². The van der Waals surface area contributed by atoms with Gasteiger partial charge in [0, 0.05) is 5.56 Å². The average molecular weight is 244 g/mol. The number of carbonyl (C=O) groups is 2. The normalized spacial score (nSPS) is 9.94. The molecule has 0 aliphatic heterocycles. The summed E-state index contributed by atoms with van der Waals surface area (Å²) in [5.41, 5.74) is 1.03. The largest absolute Gasteiger partial charge is 0.480 e. The second-order valence-corrected chi connectivity index (χ2v) is 3.43. The number of amides is 1. The zero-order chi connectivity index (χ0) is 13.4. The molecule has 0 spiro atoms. The molecule has 5 nitrogen and oxygen atoms in total. The molecule has 5 heteroatoms.